The summed E-state index contributed by atoms with van der Waals surface area (Å²) in [5.41, 5.74) is 0.576. The van der Waals surface area contributed by atoms with Crippen LogP contribution in [-0.4, -0.2) is 49.4 Å². The molecule has 2 aliphatic heterocycles. The van der Waals surface area contributed by atoms with Gasteiger partial charge < -0.3 is 14.8 Å². The fourth-order valence-corrected chi connectivity index (χ4v) is 3.28. The summed E-state index contributed by atoms with van der Waals surface area (Å²) in [6.07, 6.45) is 1.59. The zero-order chi connectivity index (χ0) is 15.6. The summed E-state index contributed by atoms with van der Waals surface area (Å²) in [6, 6.07) is 5.01. The lowest BCUT2D eigenvalue weighted by atomic mass is 10.0. The van der Waals surface area contributed by atoms with Crippen LogP contribution in [0, 0.1) is 0 Å². The molecular weight excluding hydrogens is 327 g/mol. The van der Waals surface area contributed by atoms with Gasteiger partial charge in [0.25, 0.3) is 0 Å². The van der Waals surface area contributed by atoms with Gasteiger partial charge in [0.2, 0.25) is 5.91 Å². The van der Waals surface area contributed by atoms with Crippen molar-refractivity contribution in [1.29, 1.82) is 0 Å². The Balaban J connectivity index is 1.50. The first kappa shape index (κ1) is 16.0. The third kappa shape index (κ3) is 3.73. The lowest BCUT2D eigenvalue weighted by Crippen LogP contribution is -2.47. The van der Waals surface area contributed by atoms with Crippen LogP contribution in [0.1, 0.15) is 12.8 Å². The first-order valence-corrected chi connectivity index (χ1v) is 8.07. The standard InChI is InChI=1S/C15H18Cl2N2O3/c16-11-1-2-13(12(17)9-11)18-14(20)10-19-5-3-15(4-6-19)21-7-8-22-15/h1-2,9H,3-8,10H2,(H,18,20). The quantitative estimate of drug-likeness (QED) is 0.915. The highest BCUT2D eigenvalue weighted by Crippen LogP contribution is 2.31. The number of carbonyl (C=O) groups is 1. The van der Waals surface area contributed by atoms with E-state index in [4.69, 9.17) is 32.7 Å². The number of hydrogen-bond donors (Lipinski definition) is 1. The van der Waals surface area contributed by atoms with E-state index in [2.05, 4.69) is 10.2 Å². The predicted molar refractivity (Wildman–Crippen MR) is 85.4 cm³/mol. The van der Waals surface area contributed by atoms with Gasteiger partial charge in [-0.25, -0.2) is 0 Å². The number of carbonyl (C=O) groups excluding carboxylic acids is 1. The van der Waals surface area contributed by atoms with Crippen molar-refractivity contribution >= 4 is 34.8 Å². The van der Waals surface area contributed by atoms with Crippen LogP contribution in [0.2, 0.25) is 10.0 Å². The molecule has 0 bridgehead atoms. The van der Waals surface area contributed by atoms with Crippen LogP contribution in [0.4, 0.5) is 5.69 Å². The molecule has 1 spiro atoms. The molecule has 1 aromatic rings. The molecule has 0 unspecified atom stereocenters. The van der Waals surface area contributed by atoms with E-state index in [9.17, 15) is 4.79 Å². The number of amides is 1. The maximum absolute atomic E-state index is 12.1. The van der Waals surface area contributed by atoms with Crippen molar-refractivity contribution in [3.63, 3.8) is 0 Å². The van der Waals surface area contributed by atoms with Gasteiger partial charge in [-0.05, 0) is 18.2 Å². The van der Waals surface area contributed by atoms with Gasteiger partial charge >= 0.3 is 0 Å². The third-order valence-corrected chi connectivity index (χ3v) is 4.55. The van der Waals surface area contributed by atoms with E-state index in [0.717, 1.165) is 25.9 Å². The summed E-state index contributed by atoms with van der Waals surface area (Å²) >= 11 is 11.9. The smallest absolute Gasteiger partial charge is 0.238 e. The summed E-state index contributed by atoms with van der Waals surface area (Å²) < 4.78 is 11.4. The summed E-state index contributed by atoms with van der Waals surface area (Å²) in [7, 11) is 0. The Morgan fingerprint density at radius 3 is 2.55 bits per heavy atom. The molecule has 2 saturated heterocycles. The molecule has 0 saturated carbocycles. The third-order valence-electron chi connectivity index (χ3n) is 4.00. The minimum absolute atomic E-state index is 0.0894. The molecule has 0 radical (unpaired) electrons. The molecule has 3 rings (SSSR count). The second-order valence-corrected chi connectivity index (χ2v) is 6.40. The predicted octanol–water partition coefficient (Wildman–Crippen LogP) is 2.77. The molecule has 2 aliphatic rings. The van der Waals surface area contributed by atoms with Crippen molar-refractivity contribution in [3.05, 3.63) is 28.2 Å². The molecule has 0 atom stereocenters. The Bertz CT molecular complexity index is 552. The Hall–Kier alpha value is -0.850. The molecule has 22 heavy (non-hydrogen) atoms. The highest BCUT2D eigenvalue weighted by molar-refractivity contribution is 6.36. The van der Waals surface area contributed by atoms with Crippen LogP contribution in [0.5, 0.6) is 0 Å². The first-order valence-electron chi connectivity index (χ1n) is 7.32. The topological polar surface area (TPSA) is 50.8 Å². The van der Waals surface area contributed by atoms with E-state index in [1.807, 2.05) is 0 Å². The molecule has 0 aliphatic carbocycles. The molecule has 2 fully saturated rings. The van der Waals surface area contributed by atoms with E-state index in [0.29, 0.717) is 35.5 Å². The van der Waals surface area contributed by atoms with Crippen molar-refractivity contribution in [3.8, 4) is 0 Å². The monoisotopic (exact) mass is 344 g/mol. The highest BCUT2D eigenvalue weighted by Gasteiger charge is 2.39. The van der Waals surface area contributed by atoms with Crippen molar-refractivity contribution < 1.29 is 14.3 Å². The Morgan fingerprint density at radius 1 is 1.23 bits per heavy atom. The summed E-state index contributed by atoms with van der Waals surface area (Å²) in [6.45, 7) is 3.21. The number of anilines is 1. The Morgan fingerprint density at radius 2 is 1.91 bits per heavy atom. The molecular formula is C15H18Cl2N2O3. The summed E-state index contributed by atoms with van der Waals surface area (Å²) in [5.74, 6) is -0.500. The Labute approximate surface area is 139 Å². The molecule has 7 heteroatoms. The van der Waals surface area contributed by atoms with Crippen LogP contribution in [-0.2, 0) is 14.3 Å². The van der Waals surface area contributed by atoms with Gasteiger partial charge in [-0.3, -0.25) is 9.69 Å². The zero-order valence-corrected chi connectivity index (χ0v) is 13.6. The summed E-state index contributed by atoms with van der Waals surface area (Å²) in [5, 5.41) is 3.79. The lowest BCUT2D eigenvalue weighted by Gasteiger charge is -2.37. The number of likely N-dealkylation sites (tertiary alicyclic amines) is 1. The van der Waals surface area contributed by atoms with Gasteiger partial charge in [-0.1, -0.05) is 23.2 Å². The number of benzene rings is 1. The minimum Gasteiger partial charge on any atom is -0.347 e. The van der Waals surface area contributed by atoms with Crippen molar-refractivity contribution in [2.45, 2.75) is 18.6 Å². The first-order chi connectivity index (χ1) is 10.6. The molecule has 120 valence electrons. The second-order valence-electron chi connectivity index (χ2n) is 5.56. The number of rotatable bonds is 3. The van der Waals surface area contributed by atoms with Gasteiger partial charge in [-0.2, -0.15) is 0 Å². The highest BCUT2D eigenvalue weighted by atomic mass is 35.5. The number of nitrogens with zero attached hydrogens (tertiary/aromatic N) is 1. The Kier molecular flexibility index (Phi) is 4.90. The van der Waals surface area contributed by atoms with E-state index < -0.39 is 5.79 Å². The average molecular weight is 345 g/mol. The molecule has 0 aromatic heterocycles. The van der Waals surface area contributed by atoms with E-state index in [-0.39, 0.29) is 5.91 Å². The largest absolute Gasteiger partial charge is 0.347 e. The van der Waals surface area contributed by atoms with Crippen LogP contribution in [0.15, 0.2) is 18.2 Å². The molecule has 1 amide bonds. The maximum atomic E-state index is 12.1. The van der Waals surface area contributed by atoms with Crippen LogP contribution >= 0.6 is 23.2 Å². The SMILES string of the molecule is O=C(CN1CCC2(CC1)OCCO2)Nc1ccc(Cl)cc1Cl. The number of hydrogen-bond acceptors (Lipinski definition) is 4. The number of ether oxygens (including phenoxy) is 2. The van der Waals surface area contributed by atoms with Crippen LogP contribution < -0.4 is 5.32 Å². The molecule has 1 N–H and O–H groups in total. The second kappa shape index (κ2) is 6.72. The zero-order valence-electron chi connectivity index (χ0n) is 12.1. The number of piperidine rings is 1. The average Bonchev–Trinajstić information content (AvgIpc) is 2.93. The normalized spacial score (nSPS) is 21.2. The lowest BCUT2D eigenvalue weighted by molar-refractivity contribution is -0.185. The molecule has 2 heterocycles. The van der Waals surface area contributed by atoms with Gasteiger partial charge in [-0.15, -0.1) is 0 Å². The van der Waals surface area contributed by atoms with Crippen molar-refractivity contribution in [2.24, 2.45) is 0 Å². The maximum Gasteiger partial charge on any atom is 0.238 e. The molecule has 1 aromatic carbocycles. The van der Waals surface area contributed by atoms with Gasteiger partial charge in [0.05, 0.1) is 30.5 Å². The van der Waals surface area contributed by atoms with Gasteiger partial charge in [0.1, 0.15) is 0 Å². The van der Waals surface area contributed by atoms with E-state index in [1.54, 1.807) is 18.2 Å². The van der Waals surface area contributed by atoms with Crippen molar-refractivity contribution in [2.75, 3.05) is 38.2 Å². The van der Waals surface area contributed by atoms with Crippen LogP contribution in [0.3, 0.4) is 0 Å². The van der Waals surface area contributed by atoms with E-state index in [1.165, 1.54) is 0 Å². The fourth-order valence-electron chi connectivity index (χ4n) is 2.82. The fraction of sp³-hybridized carbons (Fsp3) is 0.533. The summed E-state index contributed by atoms with van der Waals surface area (Å²) in [4.78, 5) is 14.2. The van der Waals surface area contributed by atoms with Gasteiger partial charge in [0, 0.05) is 31.0 Å². The van der Waals surface area contributed by atoms with E-state index >= 15 is 0 Å². The van der Waals surface area contributed by atoms with Crippen LogP contribution in [0.25, 0.3) is 0 Å². The molecule has 5 nitrogen and oxygen atoms in total. The minimum atomic E-state index is -0.410. The number of halogens is 2. The number of nitrogens with one attached hydrogen (secondary N) is 1. The van der Waals surface area contributed by atoms with Gasteiger partial charge in [0.15, 0.2) is 5.79 Å². The van der Waals surface area contributed by atoms with Crippen molar-refractivity contribution in [1.82, 2.24) is 4.90 Å².